The SMILES string of the molecule is CCCCCCCCCCCCCCCCCCCC(=O)OCCCCCCCCCCCCCC/C=C\CCCCCCCCCCCCC(=O)NC(CO)C(O)CCCCCCCCCCCCCCCCCCC. The molecule has 77 heavy (non-hydrogen) atoms. The molecule has 0 bridgehead atoms. The van der Waals surface area contributed by atoms with Gasteiger partial charge in [0.2, 0.25) is 5.91 Å². The van der Waals surface area contributed by atoms with E-state index < -0.39 is 12.1 Å². The largest absolute Gasteiger partial charge is 0.466 e. The van der Waals surface area contributed by atoms with Crippen LogP contribution < -0.4 is 5.32 Å². The first-order valence-corrected chi connectivity index (χ1v) is 35.4. The van der Waals surface area contributed by atoms with Crippen molar-refractivity contribution in [2.24, 2.45) is 0 Å². The molecule has 0 aliphatic carbocycles. The van der Waals surface area contributed by atoms with Crippen molar-refractivity contribution >= 4 is 11.9 Å². The minimum absolute atomic E-state index is 0.0194. The molecule has 0 radical (unpaired) electrons. The van der Waals surface area contributed by atoms with Crippen LogP contribution in [0.25, 0.3) is 0 Å². The molecule has 0 saturated carbocycles. The summed E-state index contributed by atoms with van der Waals surface area (Å²) < 4.78 is 5.51. The van der Waals surface area contributed by atoms with Crippen LogP contribution in [0.15, 0.2) is 12.2 Å². The van der Waals surface area contributed by atoms with Crippen LogP contribution in [0.1, 0.15) is 406 Å². The topological polar surface area (TPSA) is 95.9 Å². The number of aliphatic hydroxyl groups is 2. The van der Waals surface area contributed by atoms with Gasteiger partial charge in [-0.2, -0.15) is 0 Å². The van der Waals surface area contributed by atoms with Gasteiger partial charge in [0.1, 0.15) is 0 Å². The molecular weight excluding hydrogens is 947 g/mol. The summed E-state index contributed by atoms with van der Waals surface area (Å²) in [6.07, 6.45) is 82.6. The zero-order chi connectivity index (χ0) is 55.7. The number of carbonyl (C=O) groups is 2. The fraction of sp³-hybridized carbons (Fsp3) is 0.944. The lowest BCUT2D eigenvalue weighted by molar-refractivity contribution is -0.143. The maximum atomic E-state index is 12.5. The molecule has 0 aromatic rings. The summed E-state index contributed by atoms with van der Waals surface area (Å²) in [4.78, 5) is 24.6. The highest BCUT2D eigenvalue weighted by Gasteiger charge is 2.20. The van der Waals surface area contributed by atoms with Gasteiger partial charge in [-0.25, -0.2) is 0 Å². The summed E-state index contributed by atoms with van der Waals surface area (Å²) >= 11 is 0. The van der Waals surface area contributed by atoms with Crippen LogP contribution in [0.4, 0.5) is 0 Å². The average Bonchev–Trinajstić information content (AvgIpc) is 3.43. The molecule has 0 rings (SSSR count). The van der Waals surface area contributed by atoms with Gasteiger partial charge >= 0.3 is 5.97 Å². The third-order valence-corrected chi connectivity index (χ3v) is 16.8. The van der Waals surface area contributed by atoms with Gasteiger partial charge in [-0.1, -0.05) is 353 Å². The summed E-state index contributed by atoms with van der Waals surface area (Å²) in [5.41, 5.74) is 0. The number of hydrogen-bond donors (Lipinski definition) is 3. The lowest BCUT2D eigenvalue weighted by Crippen LogP contribution is -2.45. The van der Waals surface area contributed by atoms with E-state index in [-0.39, 0.29) is 18.5 Å². The Hall–Kier alpha value is -1.40. The minimum atomic E-state index is -0.665. The minimum Gasteiger partial charge on any atom is -0.466 e. The summed E-state index contributed by atoms with van der Waals surface area (Å²) in [5, 5.41) is 23.4. The Kier molecular flexibility index (Phi) is 65.9. The van der Waals surface area contributed by atoms with Gasteiger partial charge in [0.15, 0.2) is 0 Å². The van der Waals surface area contributed by atoms with E-state index >= 15 is 0 Å². The quantitative estimate of drug-likeness (QED) is 0.0320. The van der Waals surface area contributed by atoms with Crippen molar-refractivity contribution in [1.29, 1.82) is 0 Å². The zero-order valence-electron chi connectivity index (χ0n) is 52.5. The van der Waals surface area contributed by atoms with Crippen molar-refractivity contribution in [2.45, 2.75) is 418 Å². The molecule has 458 valence electrons. The molecule has 6 heteroatoms. The average molecular weight is 1090 g/mol. The highest BCUT2D eigenvalue weighted by molar-refractivity contribution is 5.76. The standard InChI is InChI=1S/C71H139NO5/c1-3-5-7-9-11-13-15-17-19-31-35-39-43-47-51-55-59-63-69(74)68(67-73)72-70(75)64-60-56-52-48-44-40-36-33-29-27-25-23-21-22-24-26-28-30-34-38-42-46-50-54-58-62-66-77-71(76)65-61-57-53-49-45-41-37-32-20-18-16-14-12-10-8-6-4-2/h21,23,68-69,73-74H,3-20,22,24-67H2,1-2H3,(H,72,75)/b23-21-. The van der Waals surface area contributed by atoms with Crippen molar-refractivity contribution in [3.63, 3.8) is 0 Å². The third-order valence-electron chi connectivity index (χ3n) is 16.8. The summed E-state index contributed by atoms with van der Waals surface area (Å²) in [6.45, 7) is 5.00. The predicted octanol–water partition coefficient (Wildman–Crippen LogP) is 22.8. The van der Waals surface area contributed by atoms with Crippen LogP contribution in [0.2, 0.25) is 0 Å². The molecule has 0 aliphatic rings. The van der Waals surface area contributed by atoms with Crippen LogP contribution in [0.5, 0.6) is 0 Å². The zero-order valence-corrected chi connectivity index (χ0v) is 52.5. The van der Waals surface area contributed by atoms with Crippen molar-refractivity contribution in [3.8, 4) is 0 Å². The molecule has 2 unspecified atom stereocenters. The summed E-state index contributed by atoms with van der Waals surface area (Å²) in [7, 11) is 0. The molecular formula is C71H139NO5. The predicted molar refractivity (Wildman–Crippen MR) is 338 cm³/mol. The number of esters is 1. The van der Waals surface area contributed by atoms with E-state index in [4.69, 9.17) is 4.74 Å². The number of ether oxygens (including phenoxy) is 1. The number of aliphatic hydroxyl groups excluding tert-OH is 2. The Morgan fingerprint density at radius 3 is 0.922 bits per heavy atom. The van der Waals surface area contributed by atoms with Gasteiger partial charge in [-0.15, -0.1) is 0 Å². The second-order valence-electron chi connectivity index (χ2n) is 24.6. The fourth-order valence-electron chi connectivity index (χ4n) is 11.4. The molecule has 0 aliphatic heterocycles. The molecule has 1 amide bonds. The van der Waals surface area contributed by atoms with Crippen molar-refractivity contribution in [3.05, 3.63) is 12.2 Å². The second kappa shape index (κ2) is 67.1. The molecule has 0 fully saturated rings. The number of hydrogen-bond acceptors (Lipinski definition) is 5. The summed E-state index contributed by atoms with van der Waals surface area (Å²) in [5.74, 6) is -0.0135. The van der Waals surface area contributed by atoms with Crippen LogP contribution >= 0.6 is 0 Å². The fourth-order valence-corrected chi connectivity index (χ4v) is 11.4. The molecule has 6 nitrogen and oxygen atoms in total. The van der Waals surface area contributed by atoms with E-state index in [0.29, 0.717) is 25.9 Å². The van der Waals surface area contributed by atoms with E-state index in [0.717, 1.165) is 38.5 Å². The van der Waals surface area contributed by atoms with Gasteiger partial charge < -0.3 is 20.3 Å². The smallest absolute Gasteiger partial charge is 0.305 e. The van der Waals surface area contributed by atoms with Gasteiger partial charge in [0.05, 0.1) is 25.4 Å². The third kappa shape index (κ3) is 63.6. The number of amides is 1. The first-order chi connectivity index (χ1) is 38.0. The van der Waals surface area contributed by atoms with E-state index in [1.807, 2.05) is 0 Å². The molecule has 0 aromatic carbocycles. The van der Waals surface area contributed by atoms with Crippen LogP contribution in [-0.4, -0.2) is 47.4 Å². The highest BCUT2D eigenvalue weighted by atomic mass is 16.5. The number of rotatable bonds is 67. The lowest BCUT2D eigenvalue weighted by atomic mass is 10.0. The maximum Gasteiger partial charge on any atom is 0.305 e. The Morgan fingerprint density at radius 2 is 0.610 bits per heavy atom. The van der Waals surface area contributed by atoms with Crippen molar-refractivity contribution < 1.29 is 24.5 Å². The number of carbonyl (C=O) groups excluding carboxylic acids is 2. The number of allylic oxidation sites excluding steroid dienone is 2. The van der Waals surface area contributed by atoms with Crippen molar-refractivity contribution in [1.82, 2.24) is 5.32 Å². The van der Waals surface area contributed by atoms with E-state index in [2.05, 4.69) is 31.3 Å². The Morgan fingerprint density at radius 1 is 0.351 bits per heavy atom. The molecule has 2 atom stereocenters. The van der Waals surface area contributed by atoms with Gasteiger partial charge in [0, 0.05) is 12.8 Å². The summed E-state index contributed by atoms with van der Waals surface area (Å²) in [6, 6.07) is -0.542. The van der Waals surface area contributed by atoms with Gasteiger partial charge in [-0.3, -0.25) is 9.59 Å². The Balaban J connectivity index is 3.36. The molecule has 0 aromatic heterocycles. The van der Waals surface area contributed by atoms with Crippen LogP contribution in [0.3, 0.4) is 0 Å². The van der Waals surface area contributed by atoms with Crippen LogP contribution in [0, 0.1) is 0 Å². The highest BCUT2D eigenvalue weighted by Crippen LogP contribution is 2.19. The van der Waals surface area contributed by atoms with Crippen LogP contribution in [-0.2, 0) is 14.3 Å². The lowest BCUT2D eigenvalue weighted by Gasteiger charge is -2.22. The van der Waals surface area contributed by atoms with E-state index in [1.54, 1.807) is 0 Å². The van der Waals surface area contributed by atoms with Crippen molar-refractivity contribution in [2.75, 3.05) is 13.2 Å². The molecule has 0 spiro atoms. The first kappa shape index (κ1) is 75.6. The Labute approximate surface area is 482 Å². The van der Waals surface area contributed by atoms with Gasteiger partial charge in [-0.05, 0) is 51.4 Å². The number of unbranched alkanes of at least 4 members (excludes halogenated alkanes) is 54. The Bertz CT molecular complexity index is 1160. The molecule has 0 heterocycles. The second-order valence-corrected chi connectivity index (χ2v) is 24.6. The monoisotopic (exact) mass is 1090 g/mol. The molecule has 0 saturated heterocycles. The van der Waals surface area contributed by atoms with E-state index in [1.165, 1.54) is 334 Å². The van der Waals surface area contributed by atoms with Gasteiger partial charge in [0.25, 0.3) is 0 Å². The first-order valence-electron chi connectivity index (χ1n) is 35.4. The maximum absolute atomic E-state index is 12.5. The normalized spacial score (nSPS) is 12.5. The number of nitrogens with one attached hydrogen (secondary N) is 1. The van der Waals surface area contributed by atoms with E-state index in [9.17, 15) is 19.8 Å². The molecule has 3 N–H and O–H groups in total.